The number of rotatable bonds is 6. The van der Waals surface area contributed by atoms with Gasteiger partial charge in [-0.25, -0.2) is 4.79 Å². The van der Waals surface area contributed by atoms with E-state index >= 15 is 0 Å². The molecular formula is C14H15NO6. The number of hydrogen-bond acceptors (Lipinski definition) is 6. The van der Waals surface area contributed by atoms with E-state index in [1.807, 2.05) is 0 Å². The summed E-state index contributed by atoms with van der Waals surface area (Å²) in [6.45, 7) is 1.93. The molecule has 0 atom stereocenters. The minimum absolute atomic E-state index is 0.0477. The summed E-state index contributed by atoms with van der Waals surface area (Å²) in [5, 5.41) is 12.8. The van der Waals surface area contributed by atoms with Crippen molar-refractivity contribution < 1.29 is 28.6 Å². The van der Waals surface area contributed by atoms with Crippen molar-refractivity contribution in [1.29, 1.82) is 0 Å². The van der Waals surface area contributed by atoms with E-state index in [0.717, 1.165) is 5.69 Å². The van der Waals surface area contributed by atoms with Crippen molar-refractivity contribution >= 4 is 5.97 Å². The number of aromatic carboxylic acids is 1. The number of carbonyl (C=O) groups is 1. The highest BCUT2D eigenvalue weighted by atomic mass is 16.5. The lowest BCUT2D eigenvalue weighted by Gasteiger charge is -2.14. The number of carboxylic acid groups (broad SMARTS) is 1. The number of benzene rings is 1. The molecule has 2 aromatic rings. The number of aryl methyl sites for hydroxylation is 1. The van der Waals surface area contributed by atoms with Gasteiger partial charge in [-0.1, -0.05) is 5.16 Å². The van der Waals surface area contributed by atoms with Crippen LogP contribution in [0.5, 0.6) is 17.2 Å². The number of nitrogens with zero attached hydrogens (tertiary/aromatic N) is 1. The van der Waals surface area contributed by atoms with E-state index in [2.05, 4.69) is 5.16 Å². The fraction of sp³-hybridized carbons (Fsp3) is 0.286. The van der Waals surface area contributed by atoms with E-state index in [9.17, 15) is 4.79 Å². The van der Waals surface area contributed by atoms with Gasteiger partial charge in [-0.05, 0) is 19.1 Å². The summed E-state index contributed by atoms with van der Waals surface area (Å²) < 4.78 is 21.0. The van der Waals surface area contributed by atoms with Gasteiger partial charge >= 0.3 is 5.97 Å². The van der Waals surface area contributed by atoms with Gasteiger partial charge in [-0.3, -0.25) is 0 Å². The lowest BCUT2D eigenvalue weighted by atomic mass is 10.2. The summed E-state index contributed by atoms with van der Waals surface area (Å²) in [4.78, 5) is 11.1. The average Bonchev–Trinajstić information content (AvgIpc) is 2.89. The lowest BCUT2D eigenvalue weighted by Crippen LogP contribution is -2.03. The molecule has 21 heavy (non-hydrogen) atoms. The Morgan fingerprint density at radius 3 is 2.29 bits per heavy atom. The van der Waals surface area contributed by atoms with E-state index in [4.69, 9.17) is 23.8 Å². The van der Waals surface area contributed by atoms with Gasteiger partial charge in [0.2, 0.25) is 5.75 Å². The first-order valence-corrected chi connectivity index (χ1v) is 6.09. The zero-order chi connectivity index (χ0) is 15.4. The highest BCUT2D eigenvalue weighted by Gasteiger charge is 2.18. The van der Waals surface area contributed by atoms with Crippen molar-refractivity contribution in [2.75, 3.05) is 14.2 Å². The lowest BCUT2D eigenvalue weighted by molar-refractivity contribution is 0.0696. The third-order valence-corrected chi connectivity index (χ3v) is 2.74. The molecule has 1 aromatic carbocycles. The van der Waals surface area contributed by atoms with Crippen LogP contribution in [0.15, 0.2) is 22.7 Å². The maximum Gasteiger partial charge on any atom is 0.335 e. The number of carboxylic acids is 1. The van der Waals surface area contributed by atoms with Gasteiger partial charge in [0.05, 0.1) is 25.5 Å². The Bertz CT molecular complexity index is 624. The second kappa shape index (κ2) is 6.17. The van der Waals surface area contributed by atoms with Crippen molar-refractivity contribution in [2.24, 2.45) is 0 Å². The molecule has 112 valence electrons. The normalized spacial score (nSPS) is 10.2. The standard InChI is InChI=1S/C14H15NO6/c1-8-4-10(21-15-8)7-20-13-11(18-2)5-9(14(16)17)6-12(13)19-3/h4-6H,7H2,1-3H3,(H,16,17). The largest absolute Gasteiger partial charge is 0.493 e. The molecule has 1 heterocycles. The van der Waals surface area contributed by atoms with Crippen LogP contribution >= 0.6 is 0 Å². The fourth-order valence-corrected chi connectivity index (χ4v) is 1.77. The summed E-state index contributed by atoms with van der Waals surface area (Å²) in [6, 6.07) is 4.47. The first-order chi connectivity index (χ1) is 10.0. The smallest absolute Gasteiger partial charge is 0.335 e. The molecule has 1 aromatic heterocycles. The van der Waals surface area contributed by atoms with E-state index in [1.54, 1.807) is 13.0 Å². The van der Waals surface area contributed by atoms with Crippen molar-refractivity contribution in [3.8, 4) is 17.2 Å². The maximum atomic E-state index is 11.1. The molecule has 0 fully saturated rings. The van der Waals surface area contributed by atoms with Crippen LogP contribution in [0.4, 0.5) is 0 Å². The van der Waals surface area contributed by atoms with Crippen molar-refractivity contribution in [3.05, 3.63) is 35.2 Å². The van der Waals surface area contributed by atoms with Crippen LogP contribution in [-0.4, -0.2) is 30.5 Å². The third-order valence-electron chi connectivity index (χ3n) is 2.74. The molecule has 0 spiro atoms. The van der Waals surface area contributed by atoms with Gasteiger partial charge in [0.1, 0.15) is 6.61 Å². The van der Waals surface area contributed by atoms with Crippen LogP contribution in [0, 0.1) is 6.92 Å². The number of hydrogen-bond donors (Lipinski definition) is 1. The van der Waals surface area contributed by atoms with E-state index in [-0.39, 0.29) is 23.7 Å². The molecule has 0 bridgehead atoms. The molecule has 0 amide bonds. The molecule has 0 radical (unpaired) electrons. The topological polar surface area (TPSA) is 91.0 Å². The van der Waals surface area contributed by atoms with Crippen LogP contribution in [0.2, 0.25) is 0 Å². The van der Waals surface area contributed by atoms with Crippen LogP contribution < -0.4 is 14.2 Å². The molecule has 0 aliphatic carbocycles. The summed E-state index contributed by atoms with van der Waals surface area (Å²) in [5.41, 5.74) is 0.792. The molecule has 2 rings (SSSR count). The number of methoxy groups -OCH3 is 2. The van der Waals surface area contributed by atoms with Crippen molar-refractivity contribution in [2.45, 2.75) is 13.5 Å². The Labute approximate surface area is 121 Å². The van der Waals surface area contributed by atoms with Crippen LogP contribution in [-0.2, 0) is 6.61 Å². The van der Waals surface area contributed by atoms with Gasteiger partial charge in [0, 0.05) is 6.07 Å². The number of ether oxygens (including phenoxy) is 3. The molecule has 0 aliphatic heterocycles. The maximum absolute atomic E-state index is 11.1. The first-order valence-electron chi connectivity index (χ1n) is 6.09. The Morgan fingerprint density at radius 2 is 1.86 bits per heavy atom. The molecule has 0 saturated carbocycles. The molecule has 0 unspecified atom stereocenters. The number of aromatic nitrogens is 1. The van der Waals surface area contributed by atoms with Crippen LogP contribution in [0.3, 0.4) is 0 Å². The third kappa shape index (κ3) is 3.25. The zero-order valence-corrected chi connectivity index (χ0v) is 11.9. The monoisotopic (exact) mass is 293 g/mol. The first kappa shape index (κ1) is 14.7. The molecule has 7 nitrogen and oxygen atoms in total. The Kier molecular flexibility index (Phi) is 4.32. The highest BCUT2D eigenvalue weighted by molar-refractivity contribution is 5.89. The Balaban J connectivity index is 2.30. The average molecular weight is 293 g/mol. The van der Waals surface area contributed by atoms with E-state index < -0.39 is 5.97 Å². The second-order valence-corrected chi connectivity index (χ2v) is 4.24. The molecule has 0 aliphatic rings. The predicted molar refractivity (Wildman–Crippen MR) is 72.1 cm³/mol. The zero-order valence-electron chi connectivity index (χ0n) is 11.9. The molecular weight excluding hydrogens is 278 g/mol. The fourth-order valence-electron chi connectivity index (χ4n) is 1.77. The van der Waals surface area contributed by atoms with E-state index in [1.165, 1.54) is 26.4 Å². The SMILES string of the molecule is COc1cc(C(=O)O)cc(OC)c1OCc1cc(C)no1. The summed E-state index contributed by atoms with van der Waals surface area (Å²) >= 11 is 0. The summed E-state index contributed by atoms with van der Waals surface area (Å²) in [6.07, 6.45) is 0. The van der Waals surface area contributed by atoms with Gasteiger partial charge in [-0.2, -0.15) is 0 Å². The van der Waals surface area contributed by atoms with Gasteiger partial charge in [-0.15, -0.1) is 0 Å². The van der Waals surface area contributed by atoms with Gasteiger partial charge in [0.25, 0.3) is 0 Å². The molecule has 1 N–H and O–H groups in total. The van der Waals surface area contributed by atoms with Gasteiger partial charge in [0.15, 0.2) is 17.3 Å². The summed E-state index contributed by atoms with van der Waals surface area (Å²) in [5.74, 6) is 0.299. The van der Waals surface area contributed by atoms with Crippen LogP contribution in [0.1, 0.15) is 21.8 Å². The minimum Gasteiger partial charge on any atom is -0.493 e. The van der Waals surface area contributed by atoms with Crippen LogP contribution in [0.25, 0.3) is 0 Å². The second-order valence-electron chi connectivity index (χ2n) is 4.24. The quantitative estimate of drug-likeness (QED) is 0.873. The van der Waals surface area contributed by atoms with Crippen molar-refractivity contribution in [3.63, 3.8) is 0 Å². The summed E-state index contributed by atoms with van der Waals surface area (Å²) in [7, 11) is 2.84. The van der Waals surface area contributed by atoms with Gasteiger partial charge < -0.3 is 23.8 Å². The van der Waals surface area contributed by atoms with E-state index in [0.29, 0.717) is 11.5 Å². The highest BCUT2D eigenvalue weighted by Crippen LogP contribution is 2.39. The minimum atomic E-state index is -1.08. The molecule has 0 saturated heterocycles. The Hall–Kier alpha value is -2.70. The molecule has 7 heteroatoms. The predicted octanol–water partition coefficient (Wildman–Crippen LogP) is 2.28. The Morgan fingerprint density at radius 1 is 1.24 bits per heavy atom. The van der Waals surface area contributed by atoms with Crippen molar-refractivity contribution in [1.82, 2.24) is 5.16 Å².